The van der Waals surface area contributed by atoms with Gasteiger partial charge in [-0.05, 0) is 63.4 Å². The lowest BCUT2D eigenvalue weighted by Gasteiger charge is -2.43. The van der Waals surface area contributed by atoms with Gasteiger partial charge in [0, 0.05) is 50.8 Å². The van der Waals surface area contributed by atoms with Gasteiger partial charge >= 0.3 is 0 Å². The van der Waals surface area contributed by atoms with Crippen molar-refractivity contribution in [2.24, 2.45) is 23.5 Å². The maximum Gasteiger partial charge on any atom is 0.222 e. The van der Waals surface area contributed by atoms with E-state index < -0.39 is 11.4 Å². The number of methoxy groups -OCH3 is 1. The predicted octanol–water partition coefficient (Wildman–Crippen LogP) is 6.05. The SMILES string of the molecule is COCCCC[C@@](O)(c1cccc(Cl)c1F)[C@@H]1CCCN(C(=O)C[C@@H](CC2CCCCC2)[C@H](C)N)C1. The number of rotatable bonds is 12. The molecule has 2 aliphatic rings. The van der Waals surface area contributed by atoms with Crippen molar-refractivity contribution in [3.63, 3.8) is 0 Å². The van der Waals surface area contributed by atoms with Crippen LogP contribution in [0, 0.1) is 23.6 Å². The lowest BCUT2D eigenvalue weighted by atomic mass is 9.73. The number of hydrogen-bond acceptors (Lipinski definition) is 4. The second-order valence-electron chi connectivity index (χ2n) is 11.2. The number of carbonyl (C=O) groups is 1. The second-order valence-corrected chi connectivity index (χ2v) is 11.6. The number of hydrogen-bond donors (Lipinski definition) is 2. The summed E-state index contributed by atoms with van der Waals surface area (Å²) in [6, 6.07) is 4.79. The molecule has 204 valence electrons. The van der Waals surface area contributed by atoms with E-state index in [0.29, 0.717) is 44.9 Å². The van der Waals surface area contributed by atoms with Crippen LogP contribution < -0.4 is 5.73 Å². The third-order valence-electron chi connectivity index (χ3n) is 8.57. The minimum absolute atomic E-state index is 0.00838. The highest BCUT2D eigenvalue weighted by Crippen LogP contribution is 2.42. The van der Waals surface area contributed by atoms with Crippen LogP contribution in [0.25, 0.3) is 0 Å². The lowest BCUT2D eigenvalue weighted by Crippen LogP contribution is -2.49. The number of likely N-dealkylation sites (tertiary alicyclic amines) is 1. The van der Waals surface area contributed by atoms with Gasteiger partial charge in [0.15, 0.2) is 0 Å². The zero-order chi connectivity index (χ0) is 26.1. The summed E-state index contributed by atoms with van der Waals surface area (Å²) in [4.78, 5) is 15.3. The monoisotopic (exact) mass is 524 g/mol. The highest BCUT2D eigenvalue weighted by atomic mass is 35.5. The van der Waals surface area contributed by atoms with Crippen LogP contribution in [-0.2, 0) is 15.1 Å². The number of amides is 1. The summed E-state index contributed by atoms with van der Waals surface area (Å²) in [5.41, 5.74) is 5.17. The molecule has 3 rings (SSSR count). The normalized spacial score (nSPS) is 22.7. The first-order chi connectivity index (χ1) is 17.3. The van der Waals surface area contributed by atoms with Gasteiger partial charge in [-0.25, -0.2) is 4.39 Å². The van der Waals surface area contributed by atoms with E-state index in [-0.39, 0.29) is 34.4 Å². The zero-order valence-electron chi connectivity index (χ0n) is 22.2. The number of carbonyl (C=O) groups excluding carboxylic acids is 1. The molecule has 1 aromatic carbocycles. The fourth-order valence-corrected chi connectivity index (χ4v) is 6.49. The molecule has 1 saturated carbocycles. The first kappa shape index (κ1) is 29.3. The Bertz CT molecular complexity index is 833. The molecular weight excluding hydrogens is 479 g/mol. The van der Waals surface area contributed by atoms with Crippen molar-refractivity contribution in [3.8, 4) is 0 Å². The van der Waals surface area contributed by atoms with Gasteiger partial charge in [-0.15, -0.1) is 0 Å². The van der Waals surface area contributed by atoms with Gasteiger partial charge in [-0.2, -0.15) is 0 Å². The van der Waals surface area contributed by atoms with Gasteiger partial charge < -0.3 is 20.5 Å². The Kier molecular flexibility index (Phi) is 11.5. The summed E-state index contributed by atoms with van der Waals surface area (Å²) in [5, 5.41) is 12.0. The van der Waals surface area contributed by atoms with Crippen LogP contribution in [0.5, 0.6) is 0 Å². The van der Waals surface area contributed by atoms with E-state index >= 15 is 4.39 Å². The summed E-state index contributed by atoms with van der Waals surface area (Å²) >= 11 is 6.11. The summed E-state index contributed by atoms with van der Waals surface area (Å²) in [6.07, 6.45) is 11.2. The Balaban J connectivity index is 1.73. The van der Waals surface area contributed by atoms with Gasteiger partial charge in [0.2, 0.25) is 5.91 Å². The third-order valence-corrected chi connectivity index (χ3v) is 8.86. The number of ether oxygens (including phenoxy) is 1. The standard InChI is InChI=1S/C29H46ClFN2O3/c1-21(32)23(18-22-10-4-3-5-11-22)19-27(34)33-16-9-12-24(20-33)29(35,15-6-7-17-36-2)25-13-8-14-26(30)28(25)31/h8,13-14,21-24,35H,3-7,9-12,15-20,32H2,1-2H3/t21-,23+,24+,29-/m0/s1. The van der Waals surface area contributed by atoms with Gasteiger partial charge in [0.1, 0.15) is 5.82 Å². The van der Waals surface area contributed by atoms with Crippen molar-refractivity contribution in [2.75, 3.05) is 26.8 Å². The maximum absolute atomic E-state index is 15.2. The molecule has 0 bridgehead atoms. The van der Waals surface area contributed by atoms with E-state index in [1.807, 2.05) is 11.8 Å². The van der Waals surface area contributed by atoms with Crippen molar-refractivity contribution < 1.29 is 19.0 Å². The van der Waals surface area contributed by atoms with Crippen LogP contribution in [0.4, 0.5) is 4.39 Å². The topological polar surface area (TPSA) is 75.8 Å². The molecule has 1 saturated heterocycles. The molecule has 2 fully saturated rings. The van der Waals surface area contributed by atoms with Crippen LogP contribution in [0.2, 0.25) is 5.02 Å². The Morgan fingerprint density at radius 1 is 1.25 bits per heavy atom. The number of benzene rings is 1. The first-order valence-corrected chi connectivity index (χ1v) is 14.3. The van der Waals surface area contributed by atoms with Crippen LogP contribution in [0.3, 0.4) is 0 Å². The lowest BCUT2D eigenvalue weighted by molar-refractivity contribution is -0.138. The average molecular weight is 525 g/mol. The predicted molar refractivity (Wildman–Crippen MR) is 143 cm³/mol. The Hall–Kier alpha value is -1.21. The number of aliphatic hydroxyl groups is 1. The molecular formula is C29H46ClFN2O3. The van der Waals surface area contributed by atoms with Crippen molar-refractivity contribution >= 4 is 17.5 Å². The Labute approximate surface area is 221 Å². The van der Waals surface area contributed by atoms with Gasteiger partial charge in [0.25, 0.3) is 0 Å². The summed E-state index contributed by atoms with van der Waals surface area (Å²) < 4.78 is 20.3. The molecule has 0 radical (unpaired) electrons. The Morgan fingerprint density at radius 2 is 2.00 bits per heavy atom. The summed E-state index contributed by atoms with van der Waals surface area (Å²) in [5.74, 6) is 0.101. The van der Waals surface area contributed by atoms with Gasteiger partial charge in [-0.1, -0.05) is 55.8 Å². The van der Waals surface area contributed by atoms with Gasteiger partial charge in [0.05, 0.1) is 10.6 Å². The number of piperidine rings is 1. The first-order valence-electron chi connectivity index (χ1n) is 14.0. The van der Waals surface area contributed by atoms with Gasteiger partial charge in [-0.3, -0.25) is 4.79 Å². The van der Waals surface area contributed by atoms with Crippen LogP contribution in [0.15, 0.2) is 18.2 Å². The molecule has 1 aliphatic heterocycles. The minimum Gasteiger partial charge on any atom is -0.385 e. The molecule has 0 unspecified atom stereocenters. The molecule has 5 nitrogen and oxygen atoms in total. The maximum atomic E-state index is 15.2. The molecule has 4 atom stereocenters. The molecule has 7 heteroatoms. The van der Waals surface area contributed by atoms with Crippen molar-refractivity contribution in [1.29, 1.82) is 0 Å². The highest BCUT2D eigenvalue weighted by molar-refractivity contribution is 6.30. The molecule has 0 spiro atoms. The number of nitrogens with two attached hydrogens (primary N) is 1. The fourth-order valence-electron chi connectivity index (χ4n) is 6.32. The third kappa shape index (κ3) is 7.66. The largest absolute Gasteiger partial charge is 0.385 e. The van der Waals surface area contributed by atoms with E-state index in [4.69, 9.17) is 22.1 Å². The molecule has 0 aromatic heterocycles. The molecule has 1 aromatic rings. The van der Waals surface area contributed by atoms with E-state index in [1.165, 1.54) is 38.2 Å². The van der Waals surface area contributed by atoms with E-state index in [0.717, 1.165) is 25.7 Å². The minimum atomic E-state index is -1.40. The highest BCUT2D eigenvalue weighted by Gasteiger charge is 2.43. The molecule has 3 N–H and O–H groups in total. The molecule has 36 heavy (non-hydrogen) atoms. The van der Waals surface area contributed by atoms with Crippen molar-refractivity contribution in [3.05, 3.63) is 34.6 Å². The quantitative estimate of drug-likeness (QED) is 0.326. The van der Waals surface area contributed by atoms with Crippen LogP contribution in [-0.4, -0.2) is 48.8 Å². The van der Waals surface area contributed by atoms with Crippen molar-refractivity contribution in [2.45, 2.75) is 95.6 Å². The molecule has 1 aliphatic carbocycles. The molecule has 1 amide bonds. The van der Waals surface area contributed by atoms with E-state index in [9.17, 15) is 9.90 Å². The Morgan fingerprint density at radius 3 is 2.69 bits per heavy atom. The smallest absolute Gasteiger partial charge is 0.222 e. The van der Waals surface area contributed by atoms with Crippen molar-refractivity contribution in [1.82, 2.24) is 4.90 Å². The summed E-state index contributed by atoms with van der Waals surface area (Å²) in [7, 11) is 1.65. The fraction of sp³-hybridized carbons (Fsp3) is 0.759. The summed E-state index contributed by atoms with van der Waals surface area (Å²) in [6.45, 7) is 3.69. The second kappa shape index (κ2) is 14.1. The van der Waals surface area contributed by atoms with Crippen LogP contribution >= 0.6 is 11.6 Å². The number of unbranched alkanes of at least 4 members (excludes halogenated alkanes) is 1. The average Bonchev–Trinajstić information content (AvgIpc) is 2.88. The van der Waals surface area contributed by atoms with E-state index in [1.54, 1.807) is 19.2 Å². The number of halogens is 2. The zero-order valence-corrected chi connectivity index (χ0v) is 22.9. The van der Waals surface area contributed by atoms with Crippen LogP contribution in [0.1, 0.15) is 89.5 Å². The number of nitrogens with zero attached hydrogens (tertiary/aromatic N) is 1. The molecule has 1 heterocycles. The van der Waals surface area contributed by atoms with E-state index in [2.05, 4.69) is 0 Å².